The molecule has 2 aromatic carbocycles. The number of carbonyl (C=O) groups excluding carboxylic acids is 2. The highest BCUT2D eigenvalue weighted by atomic mass is 16.7. The van der Waals surface area contributed by atoms with Crippen molar-refractivity contribution in [2.45, 2.75) is 24.8 Å². The maximum atomic E-state index is 13.5. The van der Waals surface area contributed by atoms with Gasteiger partial charge >= 0.3 is 5.97 Å². The van der Waals surface area contributed by atoms with E-state index in [9.17, 15) is 9.59 Å². The van der Waals surface area contributed by atoms with E-state index in [1.54, 1.807) is 24.1 Å². The van der Waals surface area contributed by atoms with Gasteiger partial charge in [0, 0.05) is 20.1 Å². The lowest BCUT2D eigenvalue weighted by Crippen LogP contribution is -2.61. The fourth-order valence-corrected chi connectivity index (χ4v) is 4.51. The molecule has 0 unspecified atom stereocenters. The Morgan fingerprint density at radius 1 is 1.09 bits per heavy atom. The molecule has 0 saturated carbocycles. The smallest absolute Gasteiger partial charge is 0.337 e. The van der Waals surface area contributed by atoms with E-state index in [1.165, 1.54) is 7.11 Å². The van der Waals surface area contributed by atoms with Crippen LogP contribution in [0, 0.1) is 5.92 Å². The van der Waals surface area contributed by atoms with Gasteiger partial charge in [-0.25, -0.2) is 4.79 Å². The molecule has 2 aliphatic rings. The lowest BCUT2D eigenvalue weighted by molar-refractivity contribution is -0.196. The first-order chi connectivity index (χ1) is 15.5. The number of amides is 1. The average molecular weight is 440 g/mol. The molecule has 170 valence electrons. The number of hydrogen-bond donors (Lipinski definition) is 0. The third-order valence-corrected chi connectivity index (χ3v) is 6.12. The zero-order chi connectivity index (χ0) is 22.7. The molecule has 4 rings (SSSR count). The Kier molecular flexibility index (Phi) is 6.45. The molecule has 0 spiro atoms. The van der Waals surface area contributed by atoms with Crippen LogP contribution in [0.25, 0.3) is 0 Å². The minimum Gasteiger partial charge on any atom is -0.497 e. The van der Waals surface area contributed by atoms with Gasteiger partial charge in [-0.1, -0.05) is 42.5 Å². The van der Waals surface area contributed by atoms with Crippen LogP contribution in [0.3, 0.4) is 0 Å². The molecule has 0 N–H and O–H groups in total. The molecule has 8 heteroatoms. The van der Waals surface area contributed by atoms with Crippen LogP contribution in [0.2, 0.25) is 0 Å². The number of likely N-dealkylation sites (tertiary alicyclic amines) is 1. The van der Waals surface area contributed by atoms with Gasteiger partial charge in [0.05, 0.1) is 33.4 Å². The largest absolute Gasteiger partial charge is 0.497 e. The minimum atomic E-state index is -1.39. The fourth-order valence-electron chi connectivity index (χ4n) is 4.51. The van der Waals surface area contributed by atoms with Gasteiger partial charge in [-0.3, -0.25) is 9.63 Å². The fraction of sp³-hybridized carbons (Fsp3) is 0.417. The van der Waals surface area contributed by atoms with Crippen LogP contribution in [-0.4, -0.2) is 67.9 Å². The number of esters is 1. The number of hydrogen-bond acceptors (Lipinski definition) is 7. The summed E-state index contributed by atoms with van der Waals surface area (Å²) in [4.78, 5) is 34.3. The number of carbonyl (C=O) groups is 2. The van der Waals surface area contributed by atoms with E-state index < -0.39 is 23.5 Å². The summed E-state index contributed by atoms with van der Waals surface area (Å²) in [5.41, 5.74) is 0.444. The van der Waals surface area contributed by atoms with Crippen LogP contribution in [0.5, 0.6) is 5.75 Å². The van der Waals surface area contributed by atoms with Crippen LogP contribution in [0.15, 0.2) is 54.6 Å². The van der Waals surface area contributed by atoms with Gasteiger partial charge in [-0.2, -0.15) is 5.06 Å². The minimum absolute atomic E-state index is 0.0362. The molecule has 0 aromatic heterocycles. The van der Waals surface area contributed by atoms with Gasteiger partial charge in [-0.05, 0) is 23.3 Å². The summed E-state index contributed by atoms with van der Waals surface area (Å²) in [6, 6.07) is 17.1. The number of fused-ring (bicyclic) bond motifs is 1. The molecular weight excluding hydrogens is 412 g/mol. The number of rotatable bonds is 8. The second kappa shape index (κ2) is 9.28. The maximum absolute atomic E-state index is 13.5. The highest BCUT2D eigenvalue weighted by Gasteiger charge is 2.67. The van der Waals surface area contributed by atoms with Crippen LogP contribution in [0.4, 0.5) is 0 Å². The highest BCUT2D eigenvalue weighted by molar-refractivity contribution is 5.95. The van der Waals surface area contributed by atoms with Crippen molar-refractivity contribution in [3.8, 4) is 5.75 Å². The Labute approximate surface area is 187 Å². The molecule has 32 heavy (non-hydrogen) atoms. The first kappa shape index (κ1) is 22.3. The molecule has 0 radical (unpaired) electrons. The number of methoxy groups -OCH3 is 2. The number of hydroxylamine groups is 2. The topological polar surface area (TPSA) is 77.5 Å². The normalized spacial score (nSPS) is 25.1. The molecule has 2 heterocycles. The average Bonchev–Trinajstić information content (AvgIpc) is 3.30. The Morgan fingerprint density at radius 3 is 2.47 bits per heavy atom. The highest BCUT2D eigenvalue weighted by Crippen LogP contribution is 2.43. The van der Waals surface area contributed by atoms with Crippen molar-refractivity contribution >= 4 is 11.9 Å². The standard InChI is InChI=1S/C24H28N2O6/c1-25-14-20-21(32-25)24(23(28)30-3,16-31-15-18-7-5-4-6-8-18)26(22(20)27)13-17-9-11-19(29-2)12-10-17/h4-12,20-21H,13-16H2,1-3H3/t20-,21+,24-/m1/s1. The summed E-state index contributed by atoms with van der Waals surface area (Å²) in [7, 11) is 4.68. The number of benzene rings is 2. The van der Waals surface area contributed by atoms with Crippen LogP contribution >= 0.6 is 0 Å². The predicted octanol–water partition coefficient (Wildman–Crippen LogP) is 2.03. The Morgan fingerprint density at radius 2 is 1.81 bits per heavy atom. The Bertz CT molecular complexity index is 951. The monoisotopic (exact) mass is 440 g/mol. The van der Waals surface area contributed by atoms with Gasteiger partial charge in [0.15, 0.2) is 5.54 Å². The lowest BCUT2D eigenvalue weighted by Gasteiger charge is -2.38. The zero-order valence-electron chi connectivity index (χ0n) is 18.5. The van der Waals surface area contributed by atoms with Gasteiger partial charge in [-0.15, -0.1) is 0 Å². The lowest BCUT2D eigenvalue weighted by atomic mass is 9.89. The van der Waals surface area contributed by atoms with Crippen LogP contribution < -0.4 is 4.74 Å². The van der Waals surface area contributed by atoms with Crippen molar-refractivity contribution in [2.24, 2.45) is 5.92 Å². The van der Waals surface area contributed by atoms with Crippen molar-refractivity contribution in [2.75, 3.05) is 34.4 Å². The molecular formula is C24H28N2O6. The molecule has 8 nitrogen and oxygen atoms in total. The van der Waals surface area contributed by atoms with E-state index in [-0.39, 0.29) is 19.1 Å². The van der Waals surface area contributed by atoms with Crippen LogP contribution in [-0.2, 0) is 37.1 Å². The number of ether oxygens (including phenoxy) is 3. The van der Waals surface area contributed by atoms with Gasteiger partial charge in [0.25, 0.3) is 0 Å². The third-order valence-electron chi connectivity index (χ3n) is 6.12. The predicted molar refractivity (Wildman–Crippen MR) is 115 cm³/mol. The van der Waals surface area contributed by atoms with E-state index in [0.717, 1.165) is 11.1 Å². The van der Waals surface area contributed by atoms with Crippen LogP contribution in [0.1, 0.15) is 11.1 Å². The first-order valence-corrected chi connectivity index (χ1v) is 10.5. The van der Waals surface area contributed by atoms with Gasteiger partial charge in [0.1, 0.15) is 11.9 Å². The summed E-state index contributed by atoms with van der Waals surface area (Å²) in [6.45, 7) is 0.898. The second-order valence-electron chi connectivity index (χ2n) is 8.11. The molecule has 2 fully saturated rings. The summed E-state index contributed by atoms with van der Waals surface area (Å²) in [5, 5.41) is 1.60. The molecule has 1 amide bonds. The van der Waals surface area contributed by atoms with E-state index >= 15 is 0 Å². The Balaban J connectivity index is 1.65. The second-order valence-corrected chi connectivity index (χ2v) is 8.11. The van der Waals surface area contributed by atoms with Crippen molar-refractivity contribution < 1.29 is 28.6 Å². The Hall–Kier alpha value is -2.94. The van der Waals surface area contributed by atoms with E-state index in [4.69, 9.17) is 19.0 Å². The van der Waals surface area contributed by atoms with Crippen molar-refractivity contribution in [1.29, 1.82) is 0 Å². The summed E-state index contributed by atoms with van der Waals surface area (Å²) >= 11 is 0. The van der Waals surface area contributed by atoms with E-state index in [1.807, 2.05) is 54.6 Å². The molecule has 0 bridgehead atoms. The first-order valence-electron chi connectivity index (χ1n) is 10.5. The maximum Gasteiger partial charge on any atom is 0.337 e. The van der Waals surface area contributed by atoms with Crippen molar-refractivity contribution in [3.63, 3.8) is 0 Å². The van der Waals surface area contributed by atoms with E-state index in [0.29, 0.717) is 18.9 Å². The van der Waals surface area contributed by atoms with Crippen molar-refractivity contribution in [3.05, 3.63) is 65.7 Å². The molecule has 2 saturated heterocycles. The molecule has 2 aromatic rings. The summed E-state index contributed by atoms with van der Waals surface area (Å²) in [6.07, 6.45) is -0.693. The molecule has 0 aliphatic carbocycles. The summed E-state index contributed by atoms with van der Waals surface area (Å²) < 4.78 is 16.4. The zero-order valence-corrected chi connectivity index (χ0v) is 18.5. The number of nitrogens with zero attached hydrogens (tertiary/aromatic N) is 2. The molecule has 3 atom stereocenters. The summed E-state index contributed by atoms with van der Waals surface area (Å²) in [5.74, 6) is -0.453. The van der Waals surface area contributed by atoms with Gasteiger partial charge < -0.3 is 19.1 Å². The SMILES string of the molecule is COC(=O)[C@@]1(COCc2ccccc2)[C@H]2ON(C)C[C@H]2C(=O)N1Cc1ccc(OC)cc1. The van der Waals surface area contributed by atoms with Gasteiger partial charge in [0.2, 0.25) is 5.91 Å². The van der Waals surface area contributed by atoms with E-state index in [2.05, 4.69) is 0 Å². The van der Waals surface area contributed by atoms with Crippen molar-refractivity contribution in [1.82, 2.24) is 9.96 Å². The quantitative estimate of drug-likeness (QED) is 0.581. The third kappa shape index (κ3) is 3.97. The molecule has 2 aliphatic heterocycles.